The second-order valence-corrected chi connectivity index (χ2v) is 5.41. The summed E-state index contributed by atoms with van der Waals surface area (Å²) in [6.07, 6.45) is 4.27. The van der Waals surface area contributed by atoms with Crippen LogP contribution in [-0.2, 0) is 52.8 Å². The summed E-state index contributed by atoms with van der Waals surface area (Å²) in [5.41, 5.74) is 5.76. The molecule has 0 saturated carbocycles. The third-order valence-corrected chi connectivity index (χ3v) is 4.14. The van der Waals surface area contributed by atoms with Crippen molar-refractivity contribution in [1.29, 1.82) is 0 Å². The van der Waals surface area contributed by atoms with E-state index >= 15 is 0 Å². The van der Waals surface area contributed by atoms with Gasteiger partial charge in [-0.15, -0.1) is 12.7 Å². The van der Waals surface area contributed by atoms with Crippen LogP contribution in [0.5, 0.6) is 0 Å². The van der Waals surface area contributed by atoms with Gasteiger partial charge in [0.1, 0.15) is 0 Å². The zero-order valence-electron chi connectivity index (χ0n) is 13.8. The SMILES string of the molecule is [CH3-].[Ir+3].[Y].[c-]1cccc2c1N1[CH-]N(c3ccccc3)C=C1c1cccn1-2. The Labute approximate surface area is 187 Å². The van der Waals surface area contributed by atoms with E-state index in [1.54, 1.807) is 0 Å². The Morgan fingerprint density at radius 2 is 1.72 bits per heavy atom. The van der Waals surface area contributed by atoms with Crippen molar-refractivity contribution < 1.29 is 52.8 Å². The fourth-order valence-electron chi connectivity index (χ4n) is 3.13. The average molecular weight is 579 g/mol. The molecule has 5 heteroatoms. The first kappa shape index (κ1) is 20.1. The zero-order valence-corrected chi connectivity index (χ0v) is 19.0. The smallest absolute Gasteiger partial charge is 0.491 e. The van der Waals surface area contributed by atoms with Gasteiger partial charge in [0.25, 0.3) is 0 Å². The molecule has 0 fully saturated rings. The summed E-state index contributed by atoms with van der Waals surface area (Å²) in [5, 5.41) is 0. The predicted octanol–water partition coefficient (Wildman–Crippen LogP) is 4.48. The van der Waals surface area contributed by atoms with Crippen molar-refractivity contribution in [1.82, 2.24) is 4.57 Å². The summed E-state index contributed by atoms with van der Waals surface area (Å²) in [6.45, 7) is 2.12. The molecule has 3 nitrogen and oxygen atoms in total. The molecule has 1 aromatic heterocycles. The number of para-hydroxylation sites is 2. The molecule has 0 aliphatic carbocycles. The molecule has 3 heterocycles. The van der Waals surface area contributed by atoms with Crippen molar-refractivity contribution in [3.05, 3.63) is 98.9 Å². The van der Waals surface area contributed by atoms with Crippen molar-refractivity contribution in [3.8, 4) is 5.69 Å². The molecule has 2 aliphatic heterocycles. The van der Waals surface area contributed by atoms with Gasteiger partial charge < -0.3 is 21.8 Å². The Balaban J connectivity index is 0.000000751. The van der Waals surface area contributed by atoms with E-state index in [1.807, 2.05) is 18.2 Å². The molecule has 1 radical (unpaired) electrons. The molecule has 25 heavy (non-hydrogen) atoms. The molecule has 0 unspecified atom stereocenters. The van der Waals surface area contributed by atoms with Gasteiger partial charge in [-0.1, -0.05) is 23.9 Å². The Hall–Kier alpha value is -1.19. The molecule has 2 aliphatic rings. The maximum atomic E-state index is 3.37. The number of rotatable bonds is 1. The van der Waals surface area contributed by atoms with Crippen LogP contribution in [0.25, 0.3) is 11.4 Å². The largest absolute Gasteiger partial charge is 3.00 e. The minimum atomic E-state index is 0. The van der Waals surface area contributed by atoms with Crippen LogP contribution in [-0.4, -0.2) is 4.57 Å². The van der Waals surface area contributed by atoms with Crippen molar-refractivity contribution in [2.24, 2.45) is 0 Å². The van der Waals surface area contributed by atoms with E-state index in [9.17, 15) is 0 Å². The molecule has 0 amide bonds. The molecular formula is C20H16IrN3Y. The summed E-state index contributed by atoms with van der Waals surface area (Å²) >= 11 is 0. The normalized spacial score (nSPS) is 13.4. The summed E-state index contributed by atoms with van der Waals surface area (Å²) in [7, 11) is 0. The van der Waals surface area contributed by atoms with E-state index in [0.29, 0.717) is 0 Å². The van der Waals surface area contributed by atoms with E-state index in [4.69, 9.17) is 0 Å². The fraction of sp³-hybridized carbons (Fsp3) is 0. The van der Waals surface area contributed by atoms with Crippen LogP contribution in [0.2, 0.25) is 0 Å². The molecule has 0 saturated heterocycles. The van der Waals surface area contributed by atoms with Gasteiger partial charge in [0.2, 0.25) is 0 Å². The van der Waals surface area contributed by atoms with Gasteiger partial charge in [-0.2, -0.15) is 18.2 Å². The summed E-state index contributed by atoms with van der Waals surface area (Å²) < 4.78 is 2.22. The third kappa shape index (κ3) is 3.17. The Morgan fingerprint density at radius 3 is 2.52 bits per heavy atom. The standard InChI is InChI=1S/C19H13N3.CH3.Ir.Y/c1-2-7-15(8-3-1)20-13-19-18-11-6-12-21(18)16-9-4-5-10-17(16)22(19)14-20;;;/h1-9,11-14H;1H3;;/q-2;-1;+3;. The van der Waals surface area contributed by atoms with Crippen LogP contribution in [0.15, 0.2) is 73.1 Å². The second-order valence-electron chi connectivity index (χ2n) is 5.41. The quantitative estimate of drug-likeness (QED) is 0.394. The minimum Gasteiger partial charge on any atom is -0.491 e. The van der Waals surface area contributed by atoms with Gasteiger partial charge in [-0.25, -0.2) is 0 Å². The van der Waals surface area contributed by atoms with E-state index in [-0.39, 0.29) is 60.2 Å². The number of anilines is 2. The summed E-state index contributed by atoms with van der Waals surface area (Å²) in [6, 6.07) is 24.1. The first-order chi connectivity index (χ1) is 10.9. The average Bonchev–Trinajstić information content (AvgIpc) is 3.23. The van der Waals surface area contributed by atoms with Gasteiger partial charge in [0.15, 0.2) is 0 Å². The van der Waals surface area contributed by atoms with Gasteiger partial charge in [-0.05, 0) is 42.3 Å². The van der Waals surface area contributed by atoms with Crippen LogP contribution < -0.4 is 9.80 Å². The van der Waals surface area contributed by atoms with Crippen molar-refractivity contribution >= 4 is 17.1 Å². The summed E-state index contributed by atoms with van der Waals surface area (Å²) in [4.78, 5) is 4.36. The van der Waals surface area contributed by atoms with Crippen molar-refractivity contribution in [3.63, 3.8) is 0 Å². The summed E-state index contributed by atoms with van der Waals surface area (Å²) in [5.74, 6) is 0. The number of fused-ring (bicyclic) bond motifs is 6. The van der Waals surface area contributed by atoms with E-state index in [2.05, 4.69) is 82.0 Å². The number of hydrogen-bond acceptors (Lipinski definition) is 2. The monoisotopic (exact) mass is 580 g/mol. The van der Waals surface area contributed by atoms with E-state index in [0.717, 1.165) is 17.1 Å². The first-order valence-electron chi connectivity index (χ1n) is 7.30. The Bertz CT molecular complexity index is 889. The topological polar surface area (TPSA) is 11.4 Å². The molecule has 5 rings (SSSR count). The minimum absolute atomic E-state index is 0. The maximum Gasteiger partial charge on any atom is 3.00 e. The van der Waals surface area contributed by atoms with Gasteiger partial charge in [0, 0.05) is 44.1 Å². The van der Waals surface area contributed by atoms with Crippen LogP contribution >= 0.6 is 0 Å². The van der Waals surface area contributed by atoms with Crippen molar-refractivity contribution in [2.75, 3.05) is 9.80 Å². The number of benzene rings is 2. The Morgan fingerprint density at radius 1 is 0.920 bits per heavy atom. The van der Waals surface area contributed by atoms with Crippen LogP contribution in [0, 0.1) is 20.2 Å². The molecule has 0 bridgehead atoms. The van der Waals surface area contributed by atoms with Crippen LogP contribution in [0.4, 0.5) is 11.4 Å². The number of aromatic nitrogens is 1. The second kappa shape index (κ2) is 8.01. The maximum absolute atomic E-state index is 3.37. The third-order valence-electron chi connectivity index (χ3n) is 4.14. The van der Waals surface area contributed by atoms with Gasteiger partial charge >= 0.3 is 20.1 Å². The van der Waals surface area contributed by atoms with Crippen molar-refractivity contribution in [2.45, 2.75) is 0 Å². The molecule has 0 atom stereocenters. The molecular weight excluding hydrogens is 563 g/mol. The number of nitrogens with zero attached hydrogens (tertiary/aromatic N) is 3. The number of hydrogen-bond donors (Lipinski definition) is 0. The molecule has 2 aromatic carbocycles. The zero-order chi connectivity index (χ0) is 14.5. The fourth-order valence-corrected chi connectivity index (χ4v) is 3.13. The van der Waals surface area contributed by atoms with Gasteiger partial charge in [0.05, 0.1) is 5.69 Å². The molecule has 0 spiro atoms. The predicted molar refractivity (Wildman–Crippen MR) is 94.7 cm³/mol. The molecule has 0 N–H and O–H groups in total. The molecule has 123 valence electrons. The first-order valence-corrected chi connectivity index (χ1v) is 7.30. The van der Waals surface area contributed by atoms with E-state index < -0.39 is 0 Å². The van der Waals surface area contributed by atoms with Crippen LogP contribution in [0.1, 0.15) is 5.69 Å². The van der Waals surface area contributed by atoms with E-state index in [1.165, 1.54) is 11.4 Å². The Kier molecular flexibility index (Phi) is 6.45. The molecule has 3 aromatic rings. The van der Waals surface area contributed by atoms with Crippen LogP contribution in [0.3, 0.4) is 0 Å². The van der Waals surface area contributed by atoms with Gasteiger partial charge in [-0.3, -0.25) is 0 Å².